The fourth-order valence-electron chi connectivity index (χ4n) is 2.81. The van der Waals surface area contributed by atoms with Crippen LogP contribution < -0.4 is 15.4 Å². The van der Waals surface area contributed by atoms with Gasteiger partial charge in [-0.05, 0) is 31.2 Å². The lowest BCUT2D eigenvalue weighted by molar-refractivity contribution is -0.129. The molecule has 0 aromatic heterocycles. The summed E-state index contributed by atoms with van der Waals surface area (Å²) in [6, 6.07) is 6.86. The van der Waals surface area contributed by atoms with E-state index in [1.807, 2.05) is 11.8 Å². The van der Waals surface area contributed by atoms with E-state index in [-0.39, 0.29) is 40.8 Å². The lowest BCUT2D eigenvalue weighted by Crippen LogP contribution is -2.44. The number of nitrogens with zero attached hydrogens (tertiary/aromatic N) is 2. The molecule has 0 aliphatic carbocycles. The summed E-state index contributed by atoms with van der Waals surface area (Å²) in [5, 5.41) is 6.54. The summed E-state index contributed by atoms with van der Waals surface area (Å²) < 4.78 is 25.8. The van der Waals surface area contributed by atoms with Crippen molar-refractivity contribution in [2.45, 2.75) is 37.2 Å². The first-order chi connectivity index (χ1) is 12.4. The number of nitrogens with one attached hydrogen (secondary N) is 3. The van der Waals surface area contributed by atoms with Crippen molar-refractivity contribution in [2.75, 3.05) is 27.2 Å². The number of benzene rings is 1. The Labute approximate surface area is 178 Å². The molecule has 0 bridgehead atoms. The number of halogens is 1. The summed E-state index contributed by atoms with van der Waals surface area (Å²) in [5.74, 6) is 0.835. The molecule has 1 amide bonds. The molecular formula is C17H28IN5O3S. The van der Waals surface area contributed by atoms with Crippen molar-refractivity contribution in [3.05, 3.63) is 29.8 Å². The highest BCUT2D eigenvalue weighted by Gasteiger charge is 2.25. The Morgan fingerprint density at radius 1 is 1.30 bits per heavy atom. The molecule has 2 rings (SSSR count). The van der Waals surface area contributed by atoms with Gasteiger partial charge in [-0.1, -0.05) is 19.1 Å². The molecule has 10 heteroatoms. The smallest absolute Gasteiger partial charge is 0.240 e. The molecule has 3 N–H and O–H groups in total. The predicted octanol–water partition coefficient (Wildman–Crippen LogP) is 0.889. The van der Waals surface area contributed by atoms with Crippen LogP contribution in [0.1, 0.15) is 25.3 Å². The number of carbonyl (C=O) groups excluding carboxylic acids is 1. The topological polar surface area (TPSA) is 103 Å². The first-order valence-electron chi connectivity index (χ1n) is 8.67. The van der Waals surface area contributed by atoms with Gasteiger partial charge in [0.05, 0.1) is 4.90 Å². The highest BCUT2D eigenvalue weighted by atomic mass is 127. The van der Waals surface area contributed by atoms with Crippen molar-refractivity contribution in [3.63, 3.8) is 0 Å². The summed E-state index contributed by atoms with van der Waals surface area (Å²) in [5.41, 5.74) is 0.942. The van der Waals surface area contributed by atoms with E-state index in [2.05, 4.69) is 20.3 Å². The van der Waals surface area contributed by atoms with E-state index < -0.39 is 10.0 Å². The fraction of sp³-hybridized carbons (Fsp3) is 0.529. The number of guanidine groups is 1. The van der Waals surface area contributed by atoms with Crippen molar-refractivity contribution < 1.29 is 13.2 Å². The number of hydrogen-bond acceptors (Lipinski definition) is 4. The second kappa shape index (κ2) is 10.8. The first-order valence-corrected chi connectivity index (χ1v) is 10.2. The van der Waals surface area contributed by atoms with Crippen LogP contribution in [0, 0.1) is 0 Å². The molecule has 27 heavy (non-hydrogen) atoms. The van der Waals surface area contributed by atoms with Crippen molar-refractivity contribution in [3.8, 4) is 0 Å². The quantitative estimate of drug-likeness (QED) is 0.300. The largest absolute Gasteiger partial charge is 0.352 e. The van der Waals surface area contributed by atoms with E-state index in [1.165, 1.54) is 7.05 Å². The van der Waals surface area contributed by atoms with Crippen molar-refractivity contribution in [1.29, 1.82) is 0 Å². The number of aliphatic imine (C=N–C) groups is 1. The molecule has 1 atom stereocenters. The van der Waals surface area contributed by atoms with Crippen LogP contribution >= 0.6 is 24.0 Å². The van der Waals surface area contributed by atoms with E-state index >= 15 is 0 Å². The zero-order valence-corrected chi connectivity index (χ0v) is 19.0. The Hall–Kier alpha value is -1.40. The van der Waals surface area contributed by atoms with Crippen molar-refractivity contribution in [2.24, 2.45) is 4.99 Å². The van der Waals surface area contributed by atoms with Gasteiger partial charge in [-0.25, -0.2) is 13.1 Å². The van der Waals surface area contributed by atoms with Gasteiger partial charge >= 0.3 is 0 Å². The Morgan fingerprint density at radius 2 is 1.96 bits per heavy atom. The summed E-state index contributed by atoms with van der Waals surface area (Å²) in [6.45, 7) is 3.84. The molecule has 8 nitrogen and oxygen atoms in total. The van der Waals surface area contributed by atoms with Gasteiger partial charge in [0, 0.05) is 39.1 Å². The molecule has 1 aliphatic rings. The maximum absolute atomic E-state index is 11.8. The van der Waals surface area contributed by atoms with Gasteiger partial charge in [0.25, 0.3) is 0 Å². The summed E-state index contributed by atoms with van der Waals surface area (Å²) in [4.78, 5) is 18.1. The van der Waals surface area contributed by atoms with E-state index in [0.29, 0.717) is 25.5 Å². The van der Waals surface area contributed by atoms with Crippen LogP contribution in [0.15, 0.2) is 34.2 Å². The molecule has 1 heterocycles. The molecule has 1 aromatic carbocycles. The molecule has 1 saturated heterocycles. The fourth-order valence-corrected chi connectivity index (χ4v) is 3.54. The second-order valence-corrected chi connectivity index (χ2v) is 7.99. The number of amides is 1. The molecule has 152 valence electrons. The number of rotatable bonds is 6. The number of likely N-dealkylation sites (tertiary alicyclic amines) is 1. The highest BCUT2D eigenvalue weighted by molar-refractivity contribution is 14.0. The third-order valence-electron chi connectivity index (χ3n) is 4.37. The maximum atomic E-state index is 11.8. The lowest BCUT2D eigenvalue weighted by atomic mass is 10.2. The molecule has 0 radical (unpaired) electrons. The van der Waals surface area contributed by atoms with E-state index in [4.69, 9.17) is 0 Å². The van der Waals surface area contributed by atoms with Crippen LogP contribution in [0.4, 0.5) is 0 Å². The van der Waals surface area contributed by atoms with E-state index in [0.717, 1.165) is 18.5 Å². The molecule has 0 spiro atoms. The average molecular weight is 509 g/mol. The van der Waals surface area contributed by atoms with Crippen LogP contribution in [0.5, 0.6) is 0 Å². The Balaban J connectivity index is 0.00000364. The minimum Gasteiger partial charge on any atom is -0.352 e. The summed E-state index contributed by atoms with van der Waals surface area (Å²) >= 11 is 0. The van der Waals surface area contributed by atoms with Gasteiger partial charge in [-0.3, -0.25) is 9.79 Å². The number of carbonyl (C=O) groups is 1. The van der Waals surface area contributed by atoms with E-state index in [1.54, 1.807) is 31.3 Å². The van der Waals surface area contributed by atoms with Crippen LogP contribution in [-0.4, -0.2) is 58.4 Å². The average Bonchev–Trinajstić information content (AvgIpc) is 3.13. The van der Waals surface area contributed by atoms with Gasteiger partial charge < -0.3 is 15.5 Å². The Morgan fingerprint density at radius 3 is 2.52 bits per heavy atom. The van der Waals surface area contributed by atoms with Gasteiger partial charge in [0.1, 0.15) is 0 Å². The minimum absolute atomic E-state index is 0. The zero-order chi connectivity index (χ0) is 19.2. The van der Waals surface area contributed by atoms with Gasteiger partial charge in [-0.2, -0.15) is 0 Å². The van der Waals surface area contributed by atoms with Crippen molar-refractivity contribution >= 4 is 45.9 Å². The highest BCUT2D eigenvalue weighted by Crippen LogP contribution is 2.11. The molecule has 0 saturated carbocycles. The van der Waals surface area contributed by atoms with Crippen LogP contribution in [-0.2, 0) is 21.4 Å². The first kappa shape index (κ1) is 23.6. The lowest BCUT2D eigenvalue weighted by Gasteiger charge is -2.18. The monoisotopic (exact) mass is 509 g/mol. The summed E-state index contributed by atoms with van der Waals surface area (Å²) in [7, 11) is -0.336. The number of hydrogen-bond donors (Lipinski definition) is 3. The van der Waals surface area contributed by atoms with Crippen LogP contribution in [0.2, 0.25) is 0 Å². The Kier molecular flexibility index (Phi) is 9.47. The predicted molar refractivity (Wildman–Crippen MR) is 117 cm³/mol. The zero-order valence-electron chi connectivity index (χ0n) is 15.9. The second-order valence-electron chi connectivity index (χ2n) is 6.10. The van der Waals surface area contributed by atoms with Gasteiger partial charge in [0.2, 0.25) is 15.9 Å². The SMILES string of the molecule is CCC(=O)N1CCC(NC(=NC)NCc2ccc(S(=O)(=O)NC)cc2)C1.I. The van der Waals surface area contributed by atoms with Crippen LogP contribution in [0.3, 0.4) is 0 Å². The minimum atomic E-state index is -3.42. The van der Waals surface area contributed by atoms with Gasteiger partial charge in [-0.15, -0.1) is 24.0 Å². The third-order valence-corrected chi connectivity index (χ3v) is 5.80. The van der Waals surface area contributed by atoms with Crippen molar-refractivity contribution in [1.82, 2.24) is 20.3 Å². The molecule has 1 aliphatic heterocycles. The molecular weight excluding hydrogens is 481 g/mol. The Bertz CT molecular complexity index is 752. The van der Waals surface area contributed by atoms with E-state index in [9.17, 15) is 13.2 Å². The normalized spacial score (nSPS) is 17.4. The maximum Gasteiger partial charge on any atom is 0.240 e. The summed E-state index contributed by atoms with van der Waals surface area (Å²) in [6.07, 6.45) is 1.42. The molecule has 1 aromatic rings. The molecule has 1 unspecified atom stereocenters. The standard InChI is InChI=1S/C17H27N5O3S.HI/c1-4-16(23)22-10-9-14(12-22)21-17(18-2)20-11-13-5-7-15(8-6-13)26(24,25)19-3;/h5-8,14,19H,4,9-12H2,1-3H3,(H2,18,20,21);1H. The molecule has 1 fully saturated rings. The van der Waals surface area contributed by atoms with Gasteiger partial charge in [0.15, 0.2) is 5.96 Å². The van der Waals surface area contributed by atoms with Crippen LogP contribution in [0.25, 0.3) is 0 Å². The third kappa shape index (κ3) is 6.61. The number of sulfonamides is 1.